The molecule has 0 unspecified atom stereocenters. The second kappa shape index (κ2) is 6.17. The first-order valence-electron chi connectivity index (χ1n) is 3.75. The molecular formula is C9H12N2O. The Labute approximate surface area is 72.6 Å². The number of nitriles is 1. The van der Waals surface area contributed by atoms with Gasteiger partial charge in [-0.05, 0) is 13.8 Å². The van der Waals surface area contributed by atoms with Crippen LogP contribution in [0, 0.1) is 11.3 Å². The Balaban J connectivity index is 4.24. The number of amides is 1. The number of carbonyl (C=O) groups excluding carboxylic acids is 1. The highest BCUT2D eigenvalue weighted by Crippen LogP contribution is 1.92. The molecule has 64 valence electrons. The molecule has 0 aliphatic rings. The monoisotopic (exact) mass is 164 g/mol. The highest BCUT2D eigenvalue weighted by Gasteiger charge is 2.02. The van der Waals surface area contributed by atoms with Gasteiger partial charge < -0.3 is 4.90 Å². The molecule has 3 heteroatoms. The number of likely N-dealkylation sites (N-methyl/N-ethyl adjacent to an activating group) is 1. The van der Waals surface area contributed by atoms with E-state index in [0.717, 1.165) is 0 Å². The van der Waals surface area contributed by atoms with Gasteiger partial charge in [0.25, 0.3) is 5.91 Å². The molecule has 1 amide bonds. The number of carbonyl (C=O) groups is 1. The van der Waals surface area contributed by atoms with Crippen LogP contribution in [0.4, 0.5) is 0 Å². The van der Waals surface area contributed by atoms with E-state index in [1.165, 1.54) is 17.1 Å². The molecule has 0 rings (SSSR count). The topological polar surface area (TPSA) is 44.1 Å². The van der Waals surface area contributed by atoms with Gasteiger partial charge in [-0.1, -0.05) is 6.08 Å². The minimum Gasteiger partial charge on any atom is -0.316 e. The van der Waals surface area contributed by atoms with Gasteiger partial charge in [-0.25, -0.2) is 0 Å². The molecular weight excluding hydrogens is 152 g/mol. The lowest BCUT2D eigenvalue weighted by atomic mass is 10.4. The number of rotatable bonds is 3. The molecule has 0 bridgehead atoms. The Kier molecular flexibility index (Phi) is 5.37. The third-order valence-electron chi connectivity index (χ3n) is 1.25. The quantitative estimate of drug-likeness (QED) is 0.468. The molecule has 0 heterocycles. The van der Waals surface area contributed by atoms with Gasteiger partial charge in [-0.3, -0.25) is 4.79 Å². The maximum absolute atomic E-state index is 11.2. The fourth-order valence-corrected chi connectivity index (χ4v) is 0.719. The Morgan fingerprint density at radius 3 is 2.75 bits per heavy atom. The molecule has 0 radical (unpaired) electrons. The molecule has 0 aromatic carbocycles. The summed E-state index contributed by atoms with van der Waals surface area (Å²) in [5.41, 5.74) is 0. The summed E-state index contributed by atoms with van der Waals surface area (Å²) in [6.07, 6.45) is 5.89. The first kappa shape index (κ1) is 10.4. The van der Waals surface area contributed by atoms with E-state index in [4.69, 9.17) is 5.26 Å². The summed E-state index contributed by atoms with van der Waals surface area (Å²) in [4.78, 5) is 12.7. The van der Waals surface area contributed by atoms with E-state index in [0.29, 0.717) is 6.54 Å². The van der Waals surface area contributed by atoms with Crippen molar-refractivity contribution in [1.29, 1.82) is 5.26 Å². The first-order valence-corrected chi connectivity index (χ1v) is 3.75. The molecule has 0 aromatic rings. The van der Waals surface area contributed by atoms with Crippen LogP contribution < -0.4 is 0 Å². The van der Waals surface area contributed by atoms with E-state index in [-0.39, 0.29) is 5.91 Å². The normalized spacial score (nSPS) is 10.4. The van der Waals surface area contributed by atoms with Crippen LogP contribution in [0.2, 0.25) is 0 Å². The Bertz CT molecular complexity index is 235. The summed E-state index contributed by atoms with van der Waals surface area (Å²) in [5.74, 6) is -0.169. The third-order valence-corrected chi connectivity index (χ3v) is 1.25. The molecule has 0 fully saturated rings. The van der Waals surface area contributed by atoms with Gasteiger partial charge in [0.05, 0.1) is 6.07 Å². The molecule has 3 nitrogen and oxygen atoms in total. The predicted octanol–water partition coefficient (Wildman–Crippen LogP) is 1.45. The van der Waals surface area contributed by atoms with Crippen molar-refractivity contribution >= 4 is 5.91 Å². The summed E-state index contributed by atoms with van der Waals surface area (Å²) < 4.78 is 0. The lowest BCUT2D eigenvalue weighted by Gasteiger charge is -2.12. The summed E-state index contributed by atoms with van der Waals surface area (Å²) in [6, 6.07) is 1.77. The van der Waals surface area contributed by atoms with Crippen LogP contribution in [0.1, 0.15) is 13.8 Å². The minimum atomic E-state index is -0.169. The fourth-order valence-electron chi connectivity index (χ4n) is 0.719. The summed E-state index contributed by atoms with van der Waals surface area (Å²) in [6.45, 7) is 4.32. The van der Waals surface area contributed by atoms with Crippen LogP contribution in [-0.2, 0) is 4.79 Å². The zero-order valence-electron chi connectivity index (χ0n) is 7.32. The van der Waals surface area contributed by atoms with E-state index >= 15 is 0 Å². The molecule has 0 aromatic heterocycles. The van der Waals surface area contributed by atoms with Gasteiger partial charge in [-0.2, -0.15) is 5.26 Å². The zero-order valence-corrected chi connectivity index (χ0v) is 7.32. The van der Waals surface area contributed by atoms with Crippen molar-refractivity contribution < 1.29 is 4.79 Å². The van der Waals surface area contributed by atoms with E-state index in [1.54, 1.807) is 18.3 Å². The van der Waals surface area contributed by atoms with Gasteiger partial charge in [0, 0.05) is 24.9 Å². The van der Waals surface area contributed by atoms with Crippen LogP contribution in [0.25, 0.3) is 0 Å². The molecule has 0 N–H and O–H groups in total. The van der Waals surface area contributed by atoms with E-state index in [2.05, 4.69) is 0 Å². The number of hydrogen-bond acceptors (Lipinski definition) is 2. The summed E-state index contributed by atoms with van der Waals surface area (Å²) in [7, 11) is 0. The third kappa shape index (κ3) is 3.57. The van der Waals surface area contributed by atoms with Crippen molar-refractivity contribution in [2.24, 2.45) is 0 Å². The molecule has 12 heavy (non-hydrogen) atoms. The highest BCUT2D eigenvalue weighted by molar-refractivity contribution is 5.88. The maximum Gasteiger partial charge on any atom is 0.251 e. The standard InChI is InChI=1S/C9H12N2O/c1-3-8-11(4-2)9(12)6-5-7-10/h3,5-6,8H,4H2,1-2H3/b6-5-,8-3-. The van der Waals surface area contributed by atoms with E-state index < -0.39 is 0 Å². The van der Waals surface area contributed by atoms with Gasteiger partial charge >= 0.3 is 0 Å². The molecule has 0 aliphatic carbocycles. The Morgan fingerprint density at radius 2 is 2.33 bits per heavy atom. The van der Waals surface area contributed by atoms with Crippen LogP contribution in [0.15, 0.2) is 24.4 Å². The van der Waals surface area contributed by atoms with Crippen molar-refractivity contribution in [3.8, 4) is 6.07 Å². The van der Waals surface area contributed by atoms with Crippen molar-refractivity contribution in [3.63, 3.8) is 0 Å². The molecule has 0 aliphatic heterocycles. The highest BCUT2D eigenvalue weighted by atomic mass is 16.2. The van der Waals surface area contributed by atoms with Gasteiger partial charge in [0.2, 0.25) is 0 Å². The molecule has 0 atom stereocenters. The van der Waals surface area contributed by atoms with Gasteiger partial charge in [0.1, 0.15) is 0 Å². The van der Waals surface area contributed by atoms with Crippen molar-refractivity contribution in [2.45, 2.75) is 13.8 Å². The number of hydrogen-bond donors (Lipinski definition) is 0. The Morgan fingerprint density at radius 1 is 1.67 bits per heavy atom. The Hall–Kier alpha value is -1.56. The summed E-state index contributed by atoms with van der Waals surface area (Å²) in [5, 5.41) is 8.17. The lowest BCUT2D eigenvalue weighted by Crippen LogP contribution is -2.22. The molecule has 0 spiro atoms. The smallest absolute Gasteiger partial charge is 0.251 e. The van der Waals surface area contributed by atoms with Crippen molar-refractivity contribution in [2.75, 3.05) is 6.54 Å². The fraction of sp³-hybridized carbons (Fsp3) is 0.333. The lowest BCUT2D eigenvalue weighted by molar-refractivity contribution is -0.123. The van der Waals surface area contributed by atoms with Gasteiger partial charge in [-0.15, -0.1) is 0 Å². The molecule has 0 saturated heterocycles. The largest absolute Gasteiger partial charge is 0.316 e. The number of allylic oxidation sites excluding steroid dienone is 2. The van der Waals surface area contributed by atoms with E-state index in [1.807, 2.05) is 13.8 Å². The van der Waals surface area contributed by atoms with Crippen LogP contribution in [0.5, 0.6) is 0 Å². The maximum atomic E-state index is 11.2. The van der Waals surface area contributed by atoms with Crippen LogP contribution in [-0.4, -0.2) is 17.4 Å². The van der Waals surface area contributed by atoms with Crippen molar-refractivity contribution in [3.05, 3.63) is 24.4 Å². The SMILES string of the molecule is C/C=C\N(CC)C(=O)/C=C\C#N. The zero-order chi connectivity index (χ0) is 9.40. The van der Waals surface area contributed by atoms with Crippen LogP contribution >= 0.6 is 0 Å². The van der Waals surface area contributed by atoms with Gasteiger partial charge in [0.15, 0.2) is 0 Å². The second-order valence-corrected chi connectivity index (χ2v) is 2.07. The molecule has 0 saturated carbocycles. The first-order chi connectivity index (χ1) is 5.76. The number of nitrogens with zero attached hydrogens (tertiary/aromatic N) is 2. The summed E-state index contributed by atoms with van der Waals surface area (Å²) >= 11 is 0. The average molecular weight is 164 g/mol. The second-order valence-electron chi connectivity index (χ2n) is 2.07. The predicted molar refractivity (Wildman–Crippen MR) is 47.0 cm³/mol. The van der Waals surface area contributed by atoms with Crippen molar-refractivity contribution in [1.82, 2.24) is 4.90 Å². The minimum absolute atomic E-state index is 0.169. The van der Waals surface area contributed by atoms with Crippen LogP contribution in [0.3, 0.4) is 0 Å². The van der Waals surface area contributed by atoms with E-state index in [9.17, 15) is 4.79 Å². The average Bonchev–Trinajstić information content (AvgIpc) is 2.10.